The molecule has 0 amide bonds. The SMILES string of the molecule is Cc1cc(F)c(C(N)Cc2cccc(F)c2F)cc1F. The highest BCUT2D eigenvalue weighted by atomic mass is 19.2. The molecule has 2 aromatic rings. The second-order valence-electron chi connectivity index (χ2n) is 4.65. The highest BCUT2D eigenvalue weighted by Gasteiger charge is 2.17. The summed E-state index contributed by atoms with van der Waals surface area (Å²) in [6, 6.07) is 4.75. The van der Waals surface area contributed by atoms with Gasteiger partial charge in [-0.2, -0.15) is 0 Å². The molecule has 106 valence electrons. The molecule has 0 aliphatic heterocycles. The number of hydrogen-bond donors (Lipinski definition) is 1. The molecule has 0 bridgehead atoms. The van der Waals surface area contributed by atoms with E-state index in [1.165, 1.54) is 19.1 Å². The number of rotatable bonds is 3. The Kier molecular flexibility index (Phi) is 4.09. The molecule has 1 atom stereocenters. The second kappa shape index (κ2) is 5.63. The maximum absolute atomic E-state index is 13.7. The smallest absolute Gasteiger partial charge is 0.162 e. The summed E-state index contributed by atoms with van der Waals surface area (Å²) in [5.74, 6) is -3.26. The van der Waals surface area contributed by atoms with Gasteiger partial charge >= 0.3 is 0 Å². The maximum Gasteiger partial charge on any atom is 0.162 e. The summed E-state index contributed by atoms with van der Waals surface area (Å²) in [7, 11) is 0. The Morgan fingerprint density at radius 3 is 2.40 bits per heavy atom. The third-order valence-electron chi connectivity index (χ3n) is 3.15. The van der Waals surface area contributed by atoms with E-state index in [4.69, 9.17) is 5.73 Å². The van der Waals surface area contributed by atoms with Crippen LogP contribution in [0.1, 0.15) is 22.7 Å². The van der Waals surface area contributed by atoms with Gasteiger partial charge in [0.2, 0.25) is 0 Å². The van der Waals surface area contributed by atoms with E-state index in [-0.39, 0.29) is 23.1 Å². The third kappa shape index (κ3) is 2.82. The van der Waals surface area contributed by atoms with Crippen LogP contribution in [0.2, 0.25) is 0 Å². The van der Waals surface area contributed by atoms with Crippen LogP contribution in [-0.4, -0.2) is 0 Å². The van der Waals surface area contributed by atoms with Gasteiger partial charge in [-0.1, -0.05) is 12.1 Å². The van der Waals surface area contributed by atoms with Crippen LogP contribution in [0.15, 0.2) is 30.3 Å². The summed E-state index contributed by atoms with van der Waals surface area (Å²) >= 11 is 0. The van der Waals surface area contributed by atoms with Crippen LogP contribution in [0.25, 0.3) is 0 Å². The van der Waals surface area contributed by atoms with E-state index in [0.29, 0.717) is 0 Å². The van der Waals surface area contributed by atoms with Crippen LogP contribution in [0, 0.1) is 30.2 Å². The second-order valence-corrected chi connectivity index (χ2v) is 4.65. The summed E-state index contributed by atoms with van der Waals surface area (Å²) in [6.07, 6.45) is -0.122. The largest absolute Gasteiger partial charge is 0.324 e. The van der Waals surface area contributed by atoms with Gasteiger partial charge in [-0.05, 0) is 42.7 Å². The molecule has 0 heterocycles. The Balaban J connectivity index is 2.31. The van der Waals surface area contributed by atoms with Gasteiger partial charge in [0.15, 0.2) is 11.6 Å². The Labute approximate surface area is 114 Å². The monoisotopic (exact) mass is 283 g/mol. The standard InChI is InChI=1S/C15H13F4N/c1-8-5-13(18)10(7-12(8)17)14(20)6-9-3-2-4-11(16)15(9)19/h2-5,7,14H,6,20H2,1H3. The van der Waals surface area contributed by atoms with Crippen molar-refractivity contribution in [3.05, 3.63) is 70.3 Å². The van der Waals surface area contributed by atoms with Gasteiger partial charge in [0.1, 0.15) is 11.6 Å². The first-order chi connectivity index (χ1) is 9.40. The van der Waals surface area contributed by atoms with Crippen LogP contribution in [0.4, 0.5) is 17.6 Å². The molecule has 0 saturated heterocycles. The van der Waals surface area contributed by atoms with E-state index < -0.39 is 29.3 Å². The number of aryl methyl sites for hydroxylation is 1. The van der Waals surface area contributed by atoms with Crippen molar-refractivity contribution in [1.29, 1.82) is 0 Å². The zero-order valence-corrected chi connectivity index (χ0v) is 10.8. The summed E-state index contributed by atoms with van der Waals surface area (Å²) in [6.45, 7) is 1.43. The van der Waals surface area contributed by atoms with Crippen LogP contribution in [-0.2, 0) is 6.42 Å². The van der Waals surface area contributed by atoms with Gasteiger partial charge in [0.25, 0.3) is 0 Å². The zero-order valence-electron chi connectivity index (χ0n) is 10.8. The van der Waals surface area contributed by atoms with Gasteiger partial charge in [0.05, 0.1) is 0 Å². The predicted molar refractivity (Wildman–Crippen MR) is 68.1 cm³/mol. The lowest BCUT2D eigenvalue weighted by atomic mass is 9.97. The highest BCUT2D eigenvalue weighted by Crippen LogP contribution is 2.23. The normalized spacial score (nSPS) is 12.5. The molecule has 1 nitrogen and oxygen atoms in total. The fourth-order valence-corrected chi connectivity index (χ4v) is 2.00. The lowest BCUT2D eigenvalue weighted by Gasteiger charge is -2.14. The van der Waals surface area contributed by atoms with Crippen molar-refractivity contribution in [2.75, 3.05) is 0 Å². The first kappa shape index (κ1) is 14.5. The van der Waals surface area contributed by atoms with Gasteiger partial charge in [-0.15, -0.1) is 0 Å². The van der Waals surface area contributed by atoms with E-state index >= 15 is 0 Å². The van der Waals surface area contributed by atoms with Crippen LogP contribution in [0.5, 0.6) is 0 Å². The number of benzene rings is 2. The fourth-order valence-electron chi connectivity index (χ4n) is 2.00. The molecule has 0 spiro atoms. The predicted octanol–water partition coefficient (Wildman–Crippen LogP) is 3.79. The van der Waals surface area contributed by atoms with E-state index in [9.17, 15) is 17.6 Å². The minimum absolute atomic E-state index is 0.0258. The maximum atomic E-state index is 13.7. The van der Waals surface area contributed by atoms with Gasteiger partial charge in [0, 0.05) is 11.6 Å². The summed E-state index contributed by atoms with van der Waals surface area (Å²) in [4.78, 5) is 0. The molecule has 0 saturated carbocycles. The highest BCUT2D eigenvalue weighted by molar-refractivity contribution is 5.29. The van der Waals surface area contributed by atoms with E-state index in [2.05, 4.69) is 0 Å². The number of nitrogens with two attached hydrogens (primary N) is 1. The molecule has 0 radical (unpaired) electrons. The molecule has 0 aromatic heterocycles. The lowest BCUT2D eigenvalue weighted by molar-refractivity contribution is 0.491. The molecule has 5 heteroatoms. The van der Waals surface area contributed by atoms with E-state index in [0.717, 1.165) is 18.2 Å². The minimum Gasteiger partial charge on any atom is -0.324 e. The van der Waals surface area contributed by atoms with Crippen LogP contribution < -0.4 is 5.73 Å². The Bertz CT molecular complexity index is 640. The number of halogens is 4. The van der Waals surface area contributed by atoms with E-state index in [1.807, 2.05) is 0 Å². The van der Waals surface area contributed by atoms with Gasteiger partial charge < -0.3 is 5.73 Å². The molecule has 0 aliphatic carbocycles. The topological polar surface area (TPSA) is 26.0 Å². The molecule has 2 aromatic carbocycles. The fraction of sp³-hybridized carbons (Fsp3) is 0.200. The number of hydrogen-bond acceptors (Lipinski definition) is 1. The lowest BCUT2D eigenvalue weighted by Crippen LogP contribution is -2.16. The quantitative estimate of drug-likeness (QED) is 0.852. The average Bonchev–Trinajstić information content (AvgIpc) is 2.39. The zero-order chi connectivity index (χ0) is 14.9. The van der Waals surface area contributed by atoms with Crippen LogP contribution >= 0.6 is 0 Å². The van der Waals surface area contributed by atoms with Crippen molar-refractivity contribution < 1.29 is 17.6 Å². The van der Waals surface area contributed by atoms with Crippen LogP contribution in [0.3, 0.4) is 0 Å². The molecular weight excluding hydrogens is 270 g/mol. The van der Waals surface area contributed by atoms with Crippen molar-refractivity contribution >= 4 is 0 Å². The van der Waals surface area contributed by atoms with Crippen molar-refractivity contribution in [2.45, 2.75) is 19.4 Å². The minimum atomic E-state index is -1.02. The van der Waals surface area contributed by atoms with Gasteiger partial charge in [-0.3, -0.25) is 0 Å². The first-order valence-corrected chi connectivity index (χ1v) is 6.04. The first-order valence-electron chi connectivity index (χ1n) is 6.04. The Morgan fingerprint density at radius 2 is 1.70 bits per heavy atom. The molecule has 2 rings (SSSR count). The van der Waals surface area contributed by atoms with E-state index in [1.54, 1.807) is 0 Å². The van der Waals surface area contributed by atoms with Crippen molar-refractivity contribution in [1.82, 2.24) is 0 Å². The van der Waals surface area contributed by atoms with Crippen molar-refractivity contribution in [3.8, 4) is 0 Å². The average molecular weight is 283 g/mol. The molecular formula is C15H13F4N. The summed E-state index contributed by atoms with van der Waals surface area (Å²) < 4.78 is 53.8. The van der Waals surface area contributed by atoms with Gasteiger partial charge in [-0.25, -0.2) is 17.6 Å². The summed E-state index contributed by atoms with van der Waals surface area (Å²) in [5.41, 5.74) is 5.90. The summed E-state index contributed by atoms with van der Waals surface area (Å²) in [5, 5.41) is 0. The van der Waals surface area contributed by atoms with Crippen molar-refractivity contribution in [3.63, 3.8) is 0 Å². The molecule has 2 N–H and O–H groups in total. The Morgan fingerprint density at radius 1 is 1.00 bits per heavy atom. The molecule has 0 fully saturated rings. The van der Waals surface area contributed by atoms with Crippen molar-refractivity contribution in [2.24, 2.45) is 5.73 Å². The molecule has 0 aliphatic rings. The molecule has 20 heavy (non-hydrogen) atoms. The Hall–Kier alpha value is -1.88. The molecule has 1 unspecified atom stereocenters. The third-order valence-corrected chi connectivity index (χ3v) is 3.15.